The van der Waals surface area contributed by atoms with E-state index >= 15 is 0 Å². The summed E-state index contributed by atoms with van der Waals surface area (Å²) in [4.78, 5) is 22.4. The van der Waals surface area contributed by atoms with Crippen molar-refractivity contribution in [3.05, 3.63) is 59.9 Å². The van der Waals surface area contributed by atoms with Crippen LogP contribution in [0.1, 0.15) is 16.1 Å². The topological polar surface area (TPSA) is 84.8 Å². The van der Waals surface area contributed by atoms with Crippen molar-refractivity contribution in [3.63, 3.8) is 0 Å². The average Bonchev–Trinajstić information content (AvgIpc) is 2.78. The highest BCUT2D eigenvalue weighted by atomic mass is 19.4. The van der Waals surface area contributed by atoms with E-state index in [9.17, 15) is 23.1 Å². The number of amides is 1. The summed E-state index contributed by atoms with van der Waals surface area (Å²) >= 11 is 0. The van der Waals surface area contributed by atoms with Crippen molar-refractivity contribution in [1.29, 1.82) is 0 Å². The van der Waals surface area contributed by atoms with Crippen LogP contribution in [0.5, 0.6) is 11.6 Å². The van der Waals surface area contributed by atoms with Gasteiger partial charge in [0, 0.05) is 30.7 Å². The van der Waals surface area contributed by atoms with Gasteiger partial charge in [0.2, 0.25) is 5.88 Å². The number of hydrogen-bond donors (Lipinski definition) is 1. The molecule has 0 aliphatic carbocycles. The Hall–Kier alpha value is -3.24. The van der Waals surface area contributed by atoms with Crippen LogP contribution in [0.3, 0.4) is 0 Å². The maximum atomic E-state index is 12.7. The molecule has 4 rings (SSSR count). The van der Waals surface area contributed by atoms with Crippen molar-refractivity contribution >= 4 is 16.8 Å². The minimum atomic E-state index is -4.46. The molecule has 1 unspecified atom stereocenters. The lowest BCUT2D eigenvalue weighted by Gasteiger charge is -2.31. The number of halogens is 3. The number of aromatic nitrogens is 2. The van der Waals surface area contributed by atoms with E-state index < -0.39 is 17.8 Å². The third kappa shape index (κ3) is 4.75. The lowest BCUT2D eigenvalue weighted by molar-refractivity contribution is -0.137. The van der Waals surface area contributed by atoms with Crippen LogP contribution in [0.25, 0.3) is 10.9 Å². The molecule has 1 aromatic carbocycles. The predicted octanol–water partition coefficient (Wildman–Crippen LogP) is 3.27. The summed E-state index contributed by atoms with van der Waals surface area (Å²) in [5.41, 5.74) is -0.0277. The normalized spacial score (nSPS) is 17.0. The molecule has 0 saturated carbocycles. The molecule has 1 saturated heterocycles. The van der Waals surface area contributed by atoms with E-state index in [1.165, 1.54) is 0 Å². The van der Waals surface area contributed by atoms with Crippen molar-refractivity contribution in [2.75, 3.05) is 26.3 Å². The van der Waals surface area contributed by atoms with Crippen LogP contribution in [0.2, 0.25) is 0 Å². The molecule has 1 aliphatic rings. The summed E-state index contributed by atoms with van der Waals surface area (Å²) in [7, 11) is 0. The van der Waals surface area contributed by atoms with Gasteiger partial charge in [0.05, 0.1) is 30.4 Å². The zero-order chi connectivity index (χ0) is 22.0. The standard InChI is InChI=1S/C21H18F3N3O4/c22-21(23,24)14-2-6-19(25-10-14)31-15-3-5-17-13(9-15)1-4-18(26-17)20(29)27-7-8-30-16(11-27)12-28/h1-6,9-10,16,28H,7-8,11-12H2. The summed E-state index contributed by atoms with van der Waals surface area (Å²) < 4.78 is 48.8. The van der Waals surface area contributed by atoms with E-state index in [0.717, 1.165) is 12.1 Å². The molecule has 3 aromatic rings. The number of aliphatic hydroxyl groups excluding tert-OH is 1. The Kier molecular flexibility index (Phi) is 5.75. The molecule has 1 amide bonds. The molecule has 1 N–H and O–H groups in total. The number of alkyl halides is 3. The minimum absolute atomic E-state index is 0.0258. The van der Waals surface area contributed by atoms with Crippen LogP contribution in [0, 0.1) is 0 Å². The van der Waals surface area contributed by atoms with E-state index in [4.69, 9.17) is 9.47 Å². The van der Waals surface area contributed by atoms with Gasteiger partial charge in [-0.15, -0.1) is 0 Å². The van der Waals surface area contributed by atoms with Crippen LogP contribution in [0.15, 0.2) is 48.7 Å². The summed E-state index contributed by atoms with van der Waals surface area (Å²) in [6.45, 7) is 0.901. The van der Waals surface area contributed by atoms with E-state index in [1.54, 1.807) is 35.2 Å². The second-order valence-electron chi connectivity index (χ2n) is 6.96. The van der Waals surface area contributed by atoms with Gasteiger partial charge in [-0.1, -0.05) is 6.07 Å². The van der Waals surface area contributed by atoms with Gasteiger partial charge in [-0.3, -0.25) is 4.79 Å². The highest BCUT2D eigenvalue weighted by Gasteiger charge is 2.30. The van der Waals surface area contributed by atoms with Crippen molar-refractivity contribution < 1.29 is 32.5 Å². The van der Waals surface area contributed by atoms with E-state index in [1.807, 2.05) is 0 Å². The van der Waals surface area contributed by atoms with E-state index in [0.29, 0.717) is 42.5 Å². The van der Waals surface area contributed by atoms with Gasteiger partial charge >= 0.3 is 6.18 Å². The minimum Gasteiger partial charge on any atom is -0.439 e. The first kappa shape index (κ1) is 21.0. The lowest BCUT2D eigenvalue weighted by atomic mass is 10.1. The molecular formula is C21H18F3N3O4. The molecule has 7 nitrogen and oxygen atoms in total. The van der Waals surface area contributed by atoms with Gasteiger partial charge in [0.25, 0.3) is 5.91 Å². The molecule has 0 spiro atoms. The summed E-state index contributed by atoms with van der Waals surface area (Å²) in [6.07, 6.45) is -4.16. The Morgan fingerprint density at radius 2 is 2.06 bits per heavy atom. The van der Waals surface area contributed by atoms with Crippen molar-refractivity contribution in [1.82, 2.24) is 14.9 Å². The number of morpholine rings is 1. The SMILES string of the molecule is O=C(c1ccc2cc(Oc3ccc(C(F)(F)F)cn3)ccc2n1)N1CCOC(CO)C1. The third-order valence-corrected chi connectivity index (χ3v) is 4.80. The molecule has 31 heavy (non-hydrogen) atoms. The average molecular weight is 433 g/mol. The first-order chi connectivity index (χ1) is 14.8. The summed E-state index contributed by atoms with van der Waals surface area (Å²) in [5, 5.41) is 9.93. The second kappa shape index (κ2) is 8.48. The fourth-order valence-electron chi connectivity index (χ4n) is 3.19. The largest absolute Gasteiger partial charge is 0.439 e. The summed E-state index contributed by atoms with van der Waals surface area (Å²) in [6, 6.07) is 10.3. The van der Waals surface area contributed by atoms with Crippen molar-refractivity contribution in [3.8, 4) is 11.6 Å². The summed E-state index contributed by atoms with van der Waals surface area (Å²) in [5.74, 6) is 0.149. The molecule has 10 heteroatoms. The first-order valence-corrected chi connectivity index (χ1v) is 9.47. The van der Waals surface area contributed by atoms with Crippen molar-refractivity contribution in [2.45, 2.75) is 12.3 Å². The van der Waals surface area contributed by atoms with Crippen LogP contribution in [0.4, 0.5) is 13.2 Å². The number of carbonyl (C=O) groups excluding carboxylic acids is 1. The predicted molar refractivity (Wildman–Crippen MR) is 104 cm³/mol. The van der Waals surface area contributed by atoms with Crippen LogP contribution in [-0.4, -0.2) is 58.3 Å². The Balaban J connectivity index is 1.50. The Labute approximate surface area is 175 Å². The lowest BCUT2D eigenvalue weighted by Crippen LogP contribution is -2.47. The fraction of sp³-hybridized carbons (Fsp3) is 0.286. The maximum absolute atomic E-state index is 12.7. The van der Waals surface area contributed by atoms with Gasteiger partial charge < -0.3 is 19.5 Å². The number of fused-ring (bicyclic) bond motifs is 1. The zero-order valence-corrected chi connectivity index (χ0v) is 16.2. The number of benzene rings is 1. The third-order valence-electron chi connectivity index (χ3n) is 4.80. The zero-order valence-electron chi connectivity index (χ0n) is 16.2. The van der Waals surface area contributed by atoms with Gasteiger partial charge in [0.15, 0.2) is 0 Å². The molecule has 162 valence electrons. The van der Waals surface area contributed by atoms with Crippen molar-refractivity contribution in [2.24, 2.45) is 0 Å². The molecule has 1 fully saturated rings. The van der Waals surface area contributed by atoms with Crippen LogP contribution in [-0.2, 0) is 10.9 Å². The highest BCUT2D eigenvalue weighted by Crippen LogP contribution is 2.30. The number of hydrogen-bond acceptors (Lipinski definition) is 6. The molecule has 0 radical (unpaired) electrons. The highest BCUT2D eigenvalue weighted by molar-refractivity contribution is 5.95. The molecule has 3 heterocycles. The maximum Gasteiger partial charge on any atom is 0.417 e. The van der Waals surface area contributed by atoms with Gasteiger partial charge in [-0.25, -0.2) is 9.97 Å². The number of rotatable bonds is 4. The van der Waals surface area contributed by atoms with E-state index in [2.05, 4.69) is 9.97 Å². The first-order valence-electron chi connectivity index (χ1n) is 9.47. The second-order valence-corrected chi connectivity index (χ2v) is 6.96. The number of carbonyl (C=O) groups is 1. The number of pyridine rings is 2. The van der Waals surface area contributed by atoms with Gasteiger partial charge in [-0.05, 0) is 30.3 Å². The Morgan fingerprint density at radius 1 is 1.23 bits per heavy atom. The molecule has 1 aliphatic heterocycles. The Bertz CT molecular complexity index is 1090. The van der Waals surface area contributed by atoms with Crippen LogP contribution < -0.4 is 4.74 Å². The van der Waals surface area contributed by atoms with Gasteiger partial charge in [0.1, 0.15) is 11.4 Å². The van der Waals surface area contributed by atoms with E-state index in [-0.39, 0.29) is 24.1 Å². The number of ether oxygens (including phenoxy) is 2. The molecule has 0 bridgehead atoms. The molecule has 1 atom stereocenters. The quantitative estimate of drug-likeness (QED) is 0.680. The molecule has 2 aromatic heterocycles. The molecular weight excluding hydrogens is 415 g/mol. The smallest absolute Gasteiger partial charge is 0.417 e. The Morgan fingerprint density at radius 3 is 2.77 bits per heavy atom. The fourth-order valence-corrected chi connectivity index (χ4v) is 3.19. The number of nitrogens with zero attached hydrogens (tertiary/aromatic N) is 3. The number of aliphatic hydroxyl groups is 1. The van der Waals surface area contributed by atoms with Gasteiger partial charge in [-0.2, -0.15) is 13.2 Å². The monoisotopic (exact) mass is 433 g/mol. The van der Waals surface area contributed by atoms with Crippen LogP contribution >= 0.6 is 0 Å².